The van der Waals surface area contributed by atoms with Crippen LogP contribution < -0.4 is 0 Å². The first-order chi connectivity index (χ1) is 17.4. The Morgan fingerprint density at radius 3 is 2.49 bits per heavy atom. The number of alkyl halides is 3. The number of halogens is 5. The van der Waals surface area contributed by atoms with Crippen molar-refractivity contribution in [2.75, 3.05) is 20.2 Å². The molecule has 1 aliphatic rings. The standard InChI is InChI=1S/C27H28Cl2F3N3O2/c1-15-11-19(27(30,31)32)13-21-17(3)35(33-26(15)21)14-22-23(28)6-5-20(25(22)29)16(2)34-9-7-18(8-10-34)12-24(36)37-4/h5-6,11,13,18H,2,7-10,12,14H2,1,3-4H3. The molecule has 0 aliphatic carbocycles. The van der Waals surface area contributed by atoms with E-state index in [4.69, 9.17) is 27.9 Å². The van der Waals surface area contributed by atoms with Crippen molar-refractivity contribution in [1.82, 2.24) is 14.7 Å². The highest BCUT2D eigenvalue weighted by Crippen LogP contribution is 2.37. The van der Waals surface area contributed by atoms with E-state index >= 15 is 0 Å². The van der Waals surface area contributed by atoms with E-state index < -0.39 is 11.7 Å². The van der Waals surface area contributed by atoms with Gasteiger partial charge in [-0.1, -0.05) is 29.8 Å². The van der Waals surface area contributed by atoms with Crippen molar-refractivity contribution in [2.45, 2.75) is 45.8 Å². The predicted octanol–water partition coefficient (Wildman–Crippen LogP) is 7.27. The van der Waals surface area contributed by atoms with Crippen LogP contribution in [0.5, 0.6) is 0 Å². The van der Waals surface area contributed by atoms with Gasteiger partial charge in [0.1, 0.15) is 0 Å². The lowest BCUT2D eigenvalue weighted by Gasteiger charge is -2.35. The molecule has 198 valence electrons. The van der Waals surface area contributed by atoms with Gasteiger partial charge in [0, 0.05) is 52.4 Å². The maximum absolute atomic E-state index is 13.4. The number of hydrogen-bond acceptors (Lipinski definition) is 4. The molecule has 0 atom stereocenters. The SMILES string of the molecule is C=C(c1ccc(Cl)c(Cn2nc3c(C)cc(C(F)(F)F)cc3c2C)c1Cl)N1CCC(CC(=O)OC)CC1. The monoisotopic (exact) mass is 553 g/mol. The number of esters is 1. The zero-order chi connectivity index (χ0) is 27.1. The zero-order valence-electron chi connectivity index (χ0n) is 20.9. The van der Waals surface area contributed by atoms with Crippen LogP contribution in [-0.4, -0.2) is 40.8 Å². The number of hydrogen-bond donors (Lipinski definition) is 0. The normalized spacial score (nSPS) is 14.9. The summed E-state index contributed by atoms with van der Waals surface area (Å²) in [6, 6.07) is 5.81. The number of ether oxygens (including phenoxy) is 1. The van der Waals surface area contributed by atoms with E-state index in [0.717, 1.165) is 49.3 Å². The molecular weight excluding hydrogens is 526 g/mol. The summed E-state index contributed by atoms with van der Waals surface area (Å²) in [4.78, 5) is 13.7. The maximum atomic E-state index is 13.4. The number of methoxy groups -OCH3 is 1. The molecule has 0 amide bonds. The molecule has 37 heavy (non-hydrogen) atoms. The Hall–Kier alpha value is -2.71. The zero-order valence-corrected chi connectivity index (χ0v) is 22.4. The molecule has 0 bridgehead atoms. The largest absolute Gasteiger partial charge is 0.469 e. The minimum Gasteiger partial charge on any atom is -0.469 e. The predicted molar refractivity (Wildman–Crippen MR) is 140 cm³/mol. The summed E-state index contributed by atoms with van der Waals surface area (Å²) in [5, 5.41) is 5.88. The number of carbonyl (C=O) groups is 1. The van der Waals surface area contributed by atoms with E-state index in [-0.39, 0.29) is 18.4 Å². The first-order valence-corrected chi connectivity index (χ1v) is 12.7. The van der Waals surface area contributed by atoms with Crippen LogP contribution in [0.15, 0.2) is 30.8 Å². The van der Waals surface area contributed by atoms with Gasteiger partial charge in [-0.2, -0.15) is 18.3 Å². The van der Waals surface area contributed by atoms with Gasteiger partial charge in [0.25, 0.3) is 0 Å². The lowest BCUT2D eigenvalue weighted by atomic mass is 9.93. The fraction of sp³-hybridized carbons (Fsp3) is 0.407. The summed E-state index contributed by atoms with van der Waals surface area (Å²) in [6.45, 7) is 9.28. The minimum atomic E-state index is -4.44. The molecular formula is C27H28Cl2F3N3O2. The highest BCUT2D eigenvalue weighted by molar-refractivity contribution is 6.37. The molecule has 2 aromatic carbocycles. The smallest absolute Gasteiger partial charge is 0.416 e. The summed E-state index contributed by atoms with van der Waals surface area (Å²) in [7, 11) is 1.40. The number of fused-ring (bicyclic) bond motifs is 1. The third kappa shape index (κ3) is 5.60. The van der Waals surface area contributed by atoms with Crippen LogP contribution in [0.3, 0.4) is 0 Å². The van der Waals surface area contributed by atoms with Crippen LogP contribution in [0.25, 0.3) is 16.6 Å². The van der Waals surface area contributed by atoms with E-state index in [0.29, 0.717) is 44.2 Å². The molecule has 4 rings (SSSR count). The Bertz CT molecular complexity index is 1360. The molecule has 0 unspecified atom stereocenters. The molecule has 10 heteroatoms. The van der Waals surface area contributed by atoms with Gasteiger partial charge in [-0.05, 0) is 62.4 Å². The lowest BCUT2D eigenvalue weighted by molar-refractivity contribution is -0.142. The Balaban J connectivity index is 1.59. The van der Waals surface area contributed by atoms with Crippen LogP contribution in [0.2, 0.25) is 10.0 Å². The van der Waals surface area contributed by atoms with Gasteiger partial charge in [-0.3, -0.25) is 9.48 Å². The van der Waals surface area contributed by atoms with Gasteiger partial charge in [0.05, 0.1) is 29.8 Å². The number of carbonyl (C=O) groups excluding carboxylic acids is 1. The molecule has 0 spiro atoms. The van der Waals surface area contributed by atoms with Gasteiger partial charge < -0.3 is 9.64 Å². The molecule has 1 aliphatic heterocycles. The first-order valence-electron chi connectivity index (χ1n) is 11.9. The van der Waals surface area contributed by atoms with E-state index in [9.17, 15) is 18.0 Å². The number of aromatic nitrogens is 2. The highest BCUT2D eigenvalue weighted by atomic mass is 35.5. The van der Waals surface area contributed by atoms with Crippen LogP contribution >= 0.6 is 23.2 Å². The third-order valence-electron chi connectivity index (χ3n) is 7.11. The summed E-state index contributed by atoms with van der Waals surface area (Å²) in [5.74, 6) is 0.0695. The quantitative estimate of drug-likeness (QED) is 0.301. The molecule has 1 saturated heterocycles. The Kier molecular flexibility index (Phi) is 7.81. The second-order valence-electron chi connectivity index (χ2n) is 9.47. The average Bonchev–Trinajstić information content (AvgIpc) is 3.17. The summed E-state index contributed by atoms with van der Waals surface area (Å²) in [6.07, 6.45) is -2.36. The molecule has 3 aromatic rings. The maximum Gasteiger partial charge on any atom is 0.416 e. The molecule has 1 aromatic heterocycles. The Labute approximate surface area is 223 Å². The number of likely N-dealkylation sites (tertiary alicyclic amines) is 1. The molecule has 0 N–H and O–H groups in total. The van der Waals surface area contributed by atoms with Crippen molar-refractivity contribution in [3.8, 4) is 0 Å². The van der Waals surface area contributed by atoms with Gasteiger partial charge in [0.15, 0.2) is 0 Å². The number of benzene rings is 2. The summed E-state index contributed by atoms with van der Waals surface area (Å²) in [5.41, 5.74) is 2.95. The topological polar surface area (TPSA) is 47.4 Å². The molecule has 1 fully saturated rings. The molecule has 5 nitrogen and oxygen atoms in total. The second kappa shape index (κ2) is 10.6. The minimum absolute atomic E-state index is 0.196. The van der Waals surface area contributed by atoms with Gasteiger partial charge >= 0.3 is 12.1 Å². The summed E-state index contributed by atoms with van der Waals surface area (Å²) < 4.78 is 46.5. The van der Waals surface area contributed by atoms with Crippen molar-refractivity contribution in [3.05, 3.63) is 68.8 Å². The number of nitrogens with zero attached hydrogens (tertiary/aromatic N) is 3. The average molecular weight is 554 g/mol. The van der Waals surface area contributed by atoms with Crippen LogP contribution in [-0.2, 0) is 22.3 Å². The van der Waals surface area contributed by atoms with E-state index in [1.54, 1.807) is 24.6 Å². The fourth-order valence-corrected chi connectivity index (χ4v) is 5.45. The van der Waals surface area contributed by atoms with Crippen molar-refractivity contribution in [2.24, 2.45) is 5.92 Å². The summed E-state index contributed by atoms with van der Waals surface area (Å²) >= 11 is 13.4. The fourth-order valence-electron chi connectivity index (χ4n) is 4.85. The molecule has 0 saturated carbocycles. The van der Waals surface area contributed by atoms with Crippen molar-refractivity contribution in [1.29, 1.82) is 0 Å². The molecule has 2 heterocycles. The van der Waals surface area contributed by atoms with Gasteiger partial charge in [-0.25, -0.2) is 0 Å². The number of piperidine rings is 1. The third-order valence-corrected chi connectivity index (χ3v) is 7.90. The second-order valence-corrected chi connectivity index (χ2v) is 10.3. The Morgan fingerprint density at radius 2 is 1.86 bits per heavy atom. The van der Waals surface area contributed by atoms with Crippen molar-refractivity contribution >= 4 is 45.8 Å². The number of rotatable bonds is 6. The van der Waals surface area contributed by atoms with E-state index in [1.807, 2.05) is 6.07 Å². The van der Waals surface area contributed by atoms with Crippen LogP contribution in [0, 0.1) is 19.8 Å². The van der Waals surface area contributed by atoms with Crippen LogP contribution in [0.4, 0.5) is 13.2 Å². The first kappa shape index (κ1) is 27.3. The van der Waals surface area contributed by atoms with E-state index in [2.05, 4.69) is 16.6 Å². The van der Waals surface area contributed by atoms with Crippen molar-refractivity contribution < 1.29 is 22.7 Å². The van der Waals surface area contributed by atoms with Crippen molar-refractivity contribution in [3.63, 3.8) is 0 Å². The molecule has 0 radical (unpaired) electrons. The number of aryl methyl sites for hydroxylation is 2. The van der Waals surface area contributed by atoms with E-state index in [1.165, 1.54) is 7.11 Å². The highest BCUT2D eigenvalue weighted by Gasteiger charge is 2.32. The van der Waals surface area contributed by atoms with Gasteiger partial charge in [0.2, 0.25) is 0 Å². The Morgan fingerprint density at radius 1 is 1.19 bits per heavy atom. The van der Waals surface area contributed by atoms with Gasteiger partial charge in [-0.15, -0.1) is 0 Å². The lowest BCUT2D eigenvalue weighted by Crippen LogP contribution is -2.33. The van der Waals surface area contributed by atoms with Crippen LogP contribution in [0.1, 0.15) is 47.2 Å².